The van der Waals surface area contributed by atoms with Crippen LogP contribution < -0.4 is 0 Å². The lowest BCUT2D eigenvalue weighted by atomic mass is 10.0. The van der Waals surface area contributed by atoms with Crippen LogP contribution in [0.2, 0.25) is 0 Å². The van der Waals surface area contributed by atoms with Crippen LogP contribution in [0, 0.1) is 0 Å². The number of hydrogen-bond donors (Lipinski definition) is 0. The van der Waals surface area contributed by atoms with Gasteiger partial charge in [0.05, 0.1) is 16.7 Å². The number of rotatable bonds is 5. The Hall–Kier alpha value is -7.37. The predicted octanol–water partition coefficient (Wildman–Crippen LogP) is 12.7. The summed E-state index contributed by atoms with van der Waals surface area (Å²) in [6, 6.07) is 63.2. The molecule has 0 fully saturated rings. The lowest BCUT2D eigenvalue weighted by Gasteiger charge is -2.11. The molecule has 5 nitrogen and oxygen atoms in total. The van der Waals surface area contributed by atoms with Gasteiger partial charge in [0.2, 0.25) is 0 Å². The predicted molar refractivity (Wildman–Crippen MR) is 221 cm³/mol. The molecule has 11 rings (SSSR count). The van der Waals surface area contributed by atoms with Gasteiger partial charge in [-0.25, -0.2) is 15.0 Å². The van der Waals surface area contributed by atoms with Crippen molar-refractivity contribution in [1.82, 2.24) is 19.5 Å². The molecule has 0 aliphatic rings. The van der Waals surface area contributed by atoms with Gasteiger partial charge in [-0.2, -0.15) is 0 Å². The van der Waals surface area contributed by atoms with Gasteiger partial charge in [-0.15, -0.1) is 0 Å². The van der Waals surface area contributed by atoms with Crippen molar-refractivity contribution in [1.29, 1.82) is 0 Å². The molecule has 54 heavy (non-hydrogen) atoms. The first kappa shape index (κ1) is 30.3. The average Bonchev–Trinajstić information content (AvgIpc) is 3.80. The normalized spacial score (nSPS) is 11.7. The van der Waals surface area contributed by atoms with Crippen LogP contribution in [0.5, 0.6) is 0 Å². The van der Waals surface area contributed by atoms with Crippen LogP contribution in [0.25, 0.3) is 105 Å². The minimum absolute atomic E-state index is 0.589. The van der Waals surface area contributed by atoms with Crippen LogP contribution in [-0.2, 0) is 0 Å². The molecule has 0 aliphatic heterocycles. The number of furan rings is 1. The Morgan fingerprint density at radius 2 is 0.907 bits per heavy atom. The number of benzene rings is 8. The molecule has 0 amide bonds. The molecular formula is C49H30N4O. The van der Waals surface area contributed by atoms with E-state index in [-0.39, 0.29) is 0 Å². The van der Waals surface area contributed by atoms with Crippen molar-refractivity contribution in [2.75, 3.05) is 0 Å². The van der Waals surface area contributed by atoms with Gasteiger partial charge >= 0.3 is 0 Å². The second-order valence-corrected chi connectivity index (χ2v) is 13.6. The smallest absolute Gasteiger partial charge is 0.164 e. The molecule has 252 valence electrons. The third-order valence-corrected chi connectivity index (χ3v) is 10.5. The van der Waals surface area contributed by atoms with Gasteiger partial charge in [-0.05, 0) is 46.2 Å². The van der Waals surface area contributed by atoms with E-state index >= 15 is 0 Å². The van der Waals surface area contributed by atoms with Crippen molar-refractivity contribution < 1.29 is 4.42 Å². The third-order valence-electron chi connectivity index (χ3n) is 10.5. The Balaban J connectivity index is 1.15. The number of aromatic nitrogens is 4. The van der Waals surface area contributed by atoms with Crippen molar-refractivity contribution in [2.24, 2.45) is 0 Å². The van der Waals surface area contributed by atoms with Gasteiger partial charge in [-0.1, -0.05) is 158 Å². The standard InChI is InChI=1S/C49H30N4O/c1-2-13-31(14-3-1)32-27-29-34(30-28-32)47-50-48(38-20-10-16-33-15-4-5-17-35(33)38)52-49(51-47)40-22-12-26-44-45(40)39-21-11-25-43(46(39)54-44)53-41-23-8-6-18-36(41)37-19-7-9-24-42(37)53/h1-30H. The van der Waals surface area contributed by atoms with Gasteiger partial charge < -0.3 is 8.98 Å². The van der Waals surface area contributed by atoms with E-state index in [0.717, 1.165) is 77.2 Å². The Morgan fingerprint density at radius 1 is 0.370 bits per heavy atom. The molecule has 3 heterocycles. The lowest BCUT2D eigenvalue weighted by Crippen LogP contribution is -2.01. The maximum Gasteiger partial charge on any atom is 0.164 e. The zero-order valence-electron chi connectivity index (χ0n) is 29.0. The van der Waals surface area contributed by atoms with Crippen LogP contribution in [0.4, 0.5) is 0 Å². The molecule has 0 unspecified atom stereocenters. The van der Waals surface area contributed by atoms with Crippen LogP contribution in [0.15, 0.2) is 186 Å². The van der Waals surface area contributed by atoms with E-state index in [1.165, 1.54) is 10.8 Å². The molecule has 0 atom stereocenters. The topological polar surface area (TPSA) is 56.7 Å². The second-order valence-electron chi connectivity index (χ2n) is 13.6. The van der Waals surface area contributed by atoms with E-state index in [1.54, 1.807) is 0 Å². The summed E-state index contributed by atoms with van der Waals surface area (Å²) in [5.41, 5.74) is 9.89. The third kappa shape index (κ3) is 4.76. The molecule has 0 spiro atoms. The van der Waals surface area contributed by atoms with Crippen molar-refractivity contribution >= 4 is 54.5 Å². The molecule has 11 aromatic rings. The molecule has 0 saturated carbocycles. The van der Waals surface area contributed by atoms with E-state index in [4.69, 9.17) is 19.4 Å². The van der Waals surface area contributed by atoms with Crippen LogP contribution in [-0.4, -0.2) is 19.5 Å². The summed E-state index contributed by atoms with van der Waals surface area (Å²) in [5, 5.41) is 6.60. The van der Waals surface area contributed by atoms with Gasteiger partial charge in [0, 0.05) is 38.2 Å². The van der Waals surface area contributed by atoms with E-state index < -0.39 is 0 Å². The lowest BCUT2D eigenvalue weighted by molar-refractivity contribution is 0.666. The highest BCUT2D eigenvalue weighted by Gasteiger charge is 2.21. The molecule has 8 aromatic carbocycles. The molecule has 0 N–H and O–H groups in total. The van der Waals surface area contributed by atoms with Crippen molar-refractivity contribution in [3.05, 3.63) is 182 Å². The van der Waals surface area contributed by atoms with E-state index in [2.05, 4.69) is 168 Å². The van der Waals surface area contributed by atoms with E-state index in [0.29, 0.717) is 17.5 Å². The largest absolute Gasteiger partial charge is 0.454 e. The van der Waals surface area contributed by atoms with Crippen LogP contribution >= 0.6 is 0 Å². The molecule has 0 bridgehead atoms. The second kappa shape index (κ2) is 12.1. The summed E-state index contributed by atoms with van der Waals surface area (Å²) in [4.78, 5) is 15.6. The summed E-state index contributed by atoms with van der Waals surface area (Å²) in [5.74, 6) is 1.82. The Morgan fingerprint density at radius 3 is 1.69 bits per heavy atom. The fourth-order valence-corrected chi connectivity index (χ4v) is 7.99. The summed E-state index contributed by atoms with van der Waals surface area (Å²) in [6.07, 6.45) is 0. The first-order valence-corrected chi connectivity index (χ1v) is 18.1. The summed E-state index contributed by atoms with van der Waals surface area (Å²) in [7, 11) is 0. The molecule has 3 aromatic heterocycles. The summed E-state index contributed by atoms with van der Waals surface area (Å²) >= 11 is 0. The molecular weight excluding hydrogens is 661 g/mol. The molecule has 0 aliphatic carbocycles. The summed E-state index contributed by atoms with van der Waals surface area (Å²) < 4.78 is 9.13. The minimum Gasteiger partial charge on any atom is -0.454 e. The Labute approximate surface area is 310 Å². The molecule has 0 radical (unpaired) electrons. The van der Waals surface area contributed by atoms with Gasteiger partial charge in [0.15, 0.2) is 23.1 Å². The highest BCUT2D eigenvalue weighted by Crippen LogP contribution is 2.41. The van der Waals surface area contributed by atoms with E-state index in [1.807, 2.05) is 18.2 Å². The van der Waals surface area contributed by atoms with Crippen molar-refractivity contribution in [2.45, 2.75) is 0 Å². The van der Waals surface area contributed by atoms with Crippen LogP contribution in [0.1, 0.15) is 0 Å². The monoisotopic (exact) mass is 690 g/mol. The number of fused-ring (bicyclic) bond motifs is 7. The number of para-hydroxylation sites is 3. The highest BCUT2D eigenvalue weighted by molar-refractivity contribution is 6.15. The first-order chi connectivity index (χ1) is 26.8. The average molecular weight is 691 g/mol. The van der Waals surface area contributed by atoms with Gasteiger partial charge in [0.25, 0.3) is 0 Å². The van der Waals surface area contributed by atoms with Crippen LogP contribution in [0.3, 0.4) is 0 Å². The summed E-state index contributed by atoms with van der Waals surface area (Å²) in [6.45, 7) is 0. The fraction of sp³-hybridized carbons (Fsp3) is 0. The minimum atomic E-state index is 0.589. The van der Waals surface area contributed by atoms with Crippen molar-refractivity contribution in [3.63, 3.8) is 0 Å². The Kier molecular flexibility index (Phi) is 6.79. The maximum absolute atomic E-state index is 6.82. The number of hydrogen-bond acceptors (Lipinski definition) is 4. The zero-order valence-corrected chi connectivity index (χ0v) is 29.0. The number of nitrogens with zero attached hydrogens (tertiary/aromatic N) is 4. The van der Waals surface area contributed by atoms with Crippen molar-refractivity contribution in [3.8, 4) is 51.0 Å². The first-order valence-electron chi connectivity index (χ1n) is 18.1. The SMILES string of the molecule is c1ccc(-c2ccc(-c3nc(-c4cccc5ccccc45)nc(-c4cccc5oc6c(-n7c8ccccc8c8ccccc87)cccc6c45)n3)cc2)cc1. The molecule has 5 heteroatoms. The zero-order chi connectivity index (χ0) is 35.6. The molecule has 0 saturated heterocycles. The maximum atomic E-state index is 6.82. The highest BCUT2D eigenvalue weighted by atomic mass is 16.3. The van der Waals surface area contributed by atoms with Gasteiger partial charge in [-0.3, -0.25) is 0 Å². The fourth-order valence-electron chi connectivity index (χ4n) is 7.99. The quantitative estimate of drug-likeness (QED) is 0.180. The Bertz CT molecular complexity index is 3160. The van der Waals surface area contributed by atoms with E-state index in [9.17, 15) is 0 Å². The van der Waals surface area contributed by atoms with Gasteiger partial charge in [0.1, 0.15) is 5.58 Å².